The summed E-state index contributed by atoms with van der Waals surface area (Å²) in [6, 6.07) is 10.6. The van der Waals surface area contributed by atoms with Crippen molar-refractivity contribution in [2.75, 3.05) is 12.3 Å². The molecule has 1 N–H and O–H groups in total. The van der Waals surface area contributed by atoms with Gasteiger partial charge in [0, 0.05) is 17.0 Å². The molecule has 0 bridgehead atoms. The molecule has 1 nitrogen and oxygen atoms in total. The summed E-state index contributed by atoms with van der Waals surface area (Å²) in [7, 11) is 0. The van der Waals surface area contributed by atoms with Crippen molar-refractivity contribution in [3.63, 3.8) is 0 Å². The third kappa shape index (κ3) is 6.84. The zero-order valence-electron chi connectivity index (χ0n) is 12.7. The number of hydrogen-bond acceptors (Lipinski definition) is 2. The van der Waals surface area contributed by atoms with Gasteiger partial charge in [-0.1, -0.05) is 31.2 Å². The van der Waals surface area contributed by atoms with Crippen molar-refractivity contribution < 1.29 is 0 Å². The van der Waals surface area contributed by atoms with Crippen molar-refractivity contribution in [1.82, 2.24) is 5.32 Å². The van der Waals surface area contributed by atoms with Crippen LogP contribution >= 0.6 is 11.8 Å². The smallest absolute Gasteiger partial charge is 0.00968 e. The fourth-order valence-electron chi connectivity index (χ4n) is 1.65. The normalized spacial score (nSPS) is 14.9. The van der Waals surface area contributed by atoms with Crippen LogP contribution in [-0.4, -0.2) is 17.8 Å². The summed E-state index contributed by atoms with van der Waals surface area (Å²) in [5.41, 5.74) is 0.325. The molecule has 0 fully saturated rings. The van der Waals surface area contributed by atoms with Gasteiger partial charge in [-0.05, 0) is 50.5 Å². The monoisotopic (exact) mass is 277 g/mol. The summed E-state index contributed by atoms with van der Waals surface area (Å²) < 4.78 is 0. The molecule has 1 unspecified atom stereocenters. The van der Waals surface area contributed by atoms with Crippen molar-refractivity contribution in [1.29, 1.82) is 0 Å². The predicted molar refractivity (Wildman–Crippen MR) is 87.8 cm³/mol. The van der Waals surface area contributed by atoms with Gasteiger partial charge in [0.2, 0.25) is 0 Å². The minimum atomic E-state index is 0.162. The van der Waals surface area contributed by atoms with Gasteiger partial charge in [-0.2, -0.15) is 0 Å². The molecule has 0 saturated carbocycles. The van der Waals surface area contributed by atoms with Crippen molar-refractivity contribution in [3.8, 4) is 0 Å². The lowest BCUT2D eigenvalue weighted by atomic mass is 9.87. The van der Waals surface area contributed by atoms with E-state index < -0.39 is 0 Å². The summed E-state index contributed by atoms with van der Waals surface area (Å²) in [6.45, 7) is 13.9. The largest absolute Gasteiger partial charge is 0.311 e. The number of nitrogens with one attached hydrogen (secondary N) is 1. The molecule has 0 radical (unpaired) electrons. The van der Waals surface area contributed by atoms with E-state index in [0.717, 1.165) is 18.7 Å². The molecule has 1 aromatic rings. The molecule has 106 valence electrons. The Labute approximate surface area is 122 Å². The molecule has 1 rings (SSSR count). The van der Waals surface area contributed by atoms with Crippen LogP contribution in [0.15, 0.2) is 47.9 Å². The van der Waals surface area contributed by atoms with Crippen molar-refractivity contribution in [2.24, 2.45) is 5.41 Å². The molecule has 0 aromatic heterocycles. The van der Waals surface area contributed by atoms with Crippen molar-refractivity contribution in [2.45, 2.75) is 44.6 Å². The lowest BCUT2D eigenvalue weighted by Crippen LogP contribution is -2.42. The lowest BCUT2D eigenvalue weighted by Gasteiger charge is -2.31. The van der Waals surface area contributed by atoms with Crippen LogP contribution in [0.2, 0.25) is 0 Å². The summed E-state index contributed by atoms with van der Waals surface area (Å²) in [5, 5.41) is 3.58. The molecule has 0 heterocycles. The Morgan fingerprint density at radius 2 is 1.79 bits per heavy atom. The molecule has 0 aliphatic rings. The molecule has 0 aliphatic carbocycles. The molecular formula is C17H27NS. The highest BCUT2D eigenvalue weighted by molar-refractivity contribution is 7.99. The van der Waals surface area contributed by atoms with E-state index in [4.69, 9.17) is 0 Å². The molecule has 0 aliphatic heterocycles. The zero-order valence-corrected chi connectivity index (χ0v) is 13.5. The number of thioether (sulfide) groups is 1. The molecule has 0 amide bonds. The van der Waals surface area contributed by atoms with Crippen molar-refractivity contribution >= 4 is 11.8 Å². The van der Waals surface area contributed by atoms with Gasteiger partial charge in [-0.25, -0.2) is 0 Å². The van der Waals surface area contributed by atoms with Crippen LogP contribution < -0.4 is 5.32 Å². The Bertz CT molecular complexity index is 380. The highest BCUT2D eigenvalue weighted by Gasteiger charge is 2.22. The van der Waals surface area contributed by atoms with Gasteiger partial charge in [0.15, 0.2) is 0 Å². The molecule has 2 heteroatoms. The highest BCUT2D eigenvalue weighted by Crippen LogP contribution is 2.27. The minimum absolute atomic E-state index is 0.162. The SMILES string of the molecule is C=CC(C)(CCSc1ccccc1)CNC(C)(C)C. The second kappa shape index (κ2) is 7.16. The number of hydrogen-bond donors (Lipinski definition) is 1. The van der Waals surface area contributed by atoms with Crippen molar-refractivity contribution in [3.05, 3.63) is 43.0 Å². The molecule has 0 spiro atoms. The minimum Gasteiger partial charge on any atom is -0.311 e. The van der Waals surface area contributed by atoms with Gasteiger partial charge in [0.05, 0.1) is 0 Å². The second-order valence-electron chi connectivity index (χ2n) is 6.37. The van der Waals surface area contributed by atoms with E-state index in [1.54, 1.807) is 0 Å². The third-order valence-electron chi connectivity index (χ3n) is 3.20. The first-order valence-corrected chi connectivity index (χ1v) is 7.90. The van der Waals surface area contributed by atoms with Gasteiger partial charge < -0.3 is 5.32 Å². The molecule has 1 aromatic carbocycles. The summed E-state index contributed by atoms with van der Waals surface area (Å²) in [5.74, 6) is 1.12. The standard InChI is InChI=1S/C17H27NS/c1-6-17(5,14-18-16(2,3)4)12-13-19-15-10-8-7-9-11-15/h6-11,18H,1,12-14H2,2-5H3. The van der Waals surface area contributed by atoms with Crippen LogP contribution in [0.1, 0.15) is 34.1 Å². The quantitative estimate of drug-likeness (QED) is 0.570. The first-order chi connectivity index (χ1) is 8.85. The van der Waals surface area contributed by atoms with Gasteiger partial charge in [-0.3, -0.25) is 0 Å². The lowest BCUT2D eigenvalue weighted by molar-refractivity contribution is 0.318. The maximum Gasteiger partial charge on any atom is 0.00968 e. The molecule has 19 heavy (non-hydrogen) atoms. The van der Waals surface area contributed by atoms with Crippen LogP contribution in [0.4, 0.5) is 0 Å². The Hall–Kier alpha value is -0.730. The first kappa shape index (κ1) is 16.3. The van der Waals surface area contributed by atoms with Gasteiger partial charge in [-0.15, -0.1) is 18.3 Å². The average Bonchev–Trinajstić information content (AvgIpc) is 2.37. The number of rotatable bonds is 7. The fourth-order valence-corrected chi connectivity index (χ4v) is 2.80. The zero-order chi connectivity index (χ0) is 14.4. The molecule has 0 saturated heterocycles. The van der Waals surface area contributed by atoms with Gasteiger partial charge in [0.25, 0.3) is 0 Å². The Morgan fingerprint density at radius 3 is 2.32 bits per heavy atom. The summed E-state index contributed by atoms with van der Waals surface area (Å²) >= 11 is 1.92. The second-order valence-corrected chi connectivity index (χ2v) is 7.54. The van der Waals surface area contributed by atoms with E-state index in [1.165, 1.54) is 4.90 Å². The summed E-state index contributed by atoms with van der Waals surface area (Å²) in [6.07, 6.45) is 3.23. The van der Waals surface area contributed by atoms with Gasteiger partial charge >= 0.3 is 0 Å². The van der Waals surface area contributed by atoms with Crippen LogP contribution in [0.3, 0.4) is 0 Å². The predicted octanol–water partition coefficient (Wildman–Crippen LogP) is 4.75. The van der Waals surface area contributed by atoms with E-state index in [9.17, 15) is 0 Å². The van der Waals surface area contributed by atoms with E-state index in [0.29, 0.717) is 0 Å². The Balaban J connectivity index is 2.41. The maximum absolute atomic E-state index is 4.01. The van der Waals surface area contributed by atoms with Gasteiger partial charge in [0.1, 0.15) is 0 Å². The summed E-state index contributed by atoms with van der Waals surface area (Å²) in [4.78, 5) is 1.35. The Morgan fingerprint density at radius 1 is 1.16 bits per heavy atom. The maximum atomic E-state index is 4.01. The van der Waals surface area contributed by atoms with Crippen LogP contribution in [0.25, 0.3) is 0 Å². The molecular weight excluding hydrogens is 250 g/mol. The number of benzene rings is 1. The average molecular weight is 277 g/mol. The fraction of sp³-hybridized carbons (Fsp3) is 0.529. The first-order valence-electron chi connectivity index (χ1n) is 6.91. The topological polar surface area (TPSA) is 12.0 Å². The van der Waals surface area contributed by atoms with E-state index in [1.807, 2.05) is 11.8 Å². The van der Waals surface area contributed by atoms with E-state index in [2.05, 4.69) is 76.0 Å². The Kier molecular flexibility index (Phi) is 6.15. The highest BCUT2D eigenvalue weighted by atomic mass is 32.2. The third-order valence-corrected chi connectivity index (χ3v) is 4.21. The van der Waals surface area contributed by atoms with Crippen LogP contribution in [-0.2, 0) is 0 Å². The van der Waals surface area contributed by atoms with E-state index in [-0.39, 0.29) is 11.0 Å². The van der Waals surface area contributed by atoms with Crippen LogP contribution in [0, 0.1) is 5.41 Å². The van der Waals surface area contributed by atoms with E-state index >= 15 is 0 Å². The molecule has 1 atom stereocenters. The van der Waals surface area contributed by atoms with Crippen LogP contribution in [0.5, 0.6) is 0 Å².